The van der Waals surface area contributed by atoms with E-state index >= 15 is 0 Å². The van der Waals surface area contributed by atoms with Crippen LogP contribution in [0.3, 0.4) is 0 Å². The van der Waals surface area contributed by atoms with Crippen LogP contribution >= 0.6 is 12.4 Å². The molecule has 25 heavy (non-hydrogen) atoms. The molecule has 2 aromatic rings. The predicted molar refractivity (Wildman–Crippen MR) is 97.8 cm³/mol. The van der Waals surface area contributed by atoms with Crippen LogP contribution in [0.4, 0.5) is 16.0 Å². The summed E-state index contributed by atoms with van der Waals surface area (Å²) in [6.45, 7) is 0. The number of halogens is 2. The van der Waals surface area contributed by atoms with Crippen LogP contribution in [0.2, 0.25) is 0 Å². The summed E-state index contributed by atoms with van der Waals surface area (Å²) in [4.78, 5) is 0. The molecule has 0 atom stereocenters. The van der Waals surface area contributed by atoms with Crippen molar-refractivity contribution in [3.8, 4) is 0 Å². The molecule has 1 heterocycles. The Bertz CT molecular complexity index is 735. The first kappa shape index (κ1) is 16.8. The molecule has 1 aromatic carbocycles. The predicted octanol–water partition coefficient (Wildman–Crippen LogP) is 4.59. The van der Waals surface area contributed by atoms with Gasteiger partial charge in [0.2, 0.25) is 5.95 Å². The van der Waals surface area contributed by atoms with Crippen molar-refractivity contribution in [1.29, 1.82) is 0 Å². The molecule has 1 aromatic heterocycles. The highest BCUT2D eigenvalue weighted by Crippen LogP contribution is 2.60. The third kappa shape index (κ3) is 2.73. The van der Waals surface area contributed by atoms with Gasteiger partial charge in [0, 0.05) is 18.2 Å². The van der Waals surface area contributed by atoms with Crippen LogP contribution in [0, 0.1) is 23.6 Å². The van der Waals surface area contributed by atoms with E-state index in [9.17, 15) is 4.39 Å². The fourth-order valence-corrected chi connectivity index (χ4v) is 5.95. The van der Waals surface area contributed by atoms with Gasteiger partial charge in [-0.2, -0.15) is 0 Å². The van der Waals surface area contributed by atoms with Crippen molar-refractivity contribution < 1.29 is 4.39 Å². The normalized spacial score (nSPS) is 32.5. The lowest BCUT2D eigenvalue weighted by atomic mass is 9.49. The Morgan fingerprint density at radius 3 is 2.12 bits per heavy atom. The van der Waals surface area contributed by atoms with Crippen molar-refractivity contribution in [3.05, 3.63) is 35.9 Å². The van der Waals surface area contributed by atoms with Crippen LogP contribution in [0.5, 0.6) is 0 Å². The number of hydrogen-bond donors (Lipinski definition) is 1. The first-order chi connectivity index (χ1) is 11.6. The van der Waals surface area contributed by atoms with Crippen LogP contribution in [0.1, 0.15) is 44.3 Å². The molecule has 0 amide bonds. The Morgan fingerprint density at radius 2 is 1.56 bits per heavy atom. The molecule has 0 aliphatic heterocycles. The number of nitrogens with one attached hydrogen (secondary N) is 1. The summed E-state index contributed by atoms with van der Waals surface area (Å²) >= 11 is 0. The molecule has 4 fully saturated rings. The van der Waals surface area contributed by atoms with Crippen molar-refractivity contribution in [2.75, 3.05) is 5.32 Å². The topological polar surface area (TPSA) is 42.7 Å². The van der Waals surface area contributed by atoms with Crippen LogP contribution in [-0.4, -0.2) is 14.8 Å². The van der Waals surface area contributed by atoms with E-state index in [1.54, 1.807) is 12.1 Å². The summed E-state index contributed by atoms with van der Waals surface area (Å²) < 4.78 is 15.2. The maximum absolute atomic E-state index is 13.1. The fraction of sp³-hybridized carbons (Fsp3) is 0.579. The highest BCUT2D eigenvalue weighted by Gasteiger charge is 2.53. The monoisotopic (exact) mass is 362 g/mol. The van der Waals surface area contributed by atoms with E-state index in [-0.39, 0.29) is 23.6 Å². The van der Waals surface area contributed by atoms with Gasteiger partial charge in [-0.05, 0) is 80.5 Å². The smallest absolute Gasteiger partial charge is 0.228 e. The lowest BCUT2D eigenvalue weighted by molar-refractivity contribution is -0.0107. The minimum absolute atomic E-state index is 0. The molecule has 0 spiro atoms. The third-order valence-corrected chi connectivity index (χ3v) is 6.49. The third-order valence-electron chi connectivity index (χ3n) is 6.49. The lowest BCUT2D eigenvalue weighted by Gasteiger charge is -2.56. The van der Waals surface area contributed by atoms with Crippen molar-refractivity contribution >= 4 is 24.0 Å². The average Bonchev–Trinajstić information content (AvgIpc) is 2.90. The summed E-state index contributed by atoms with van der Waals surface area (Å²) in [5, 5.41) is 12.3. The number of nitrogens with zero attached hydrogens (tertiary/aromatic N) is 3. The van der Waals surface area contributed by atoms with Gasteiger partial charge in [0.25, 0.3) is 0 Å². The Balaban J connectivity index is 0.00000157. The van der Waals surface area contributed by atoms with Gasteiger partial charge < -0.3 is 5.32 Å². The molecule has 6 heteroatoms. The molecule has 4 saturated carbocycles. The maximum atomic E-state index is 13.1. The molecular weight excluding hydrogens is 339 g/mol. The van der Waals surface area contributed by atoms with Gasteiger partial charge in [-0.1, -0.05) is 0 Å². The molecule has 134 valence electrons. The molecule has 1 N–H and O–H groups in total. The van der Waals surface area contributed by atoms with Crippen molar-refractivity contribution in [3.63, 3.8) is 0 Å². The second-order valence-electron chi connectivity index (χ2n) is 8.24. The van der Waals surface area contributed by atoms with E-state index in [1.165, 1.54) is 50.7 Å². The van der Waals surface area contributed by atoms with Crippen LogP contribution in [0.15, 0.2) is 24.3 Å². The second-order valence-corrected chi connectivity index (χ2v) is 8.24. The van der Waals surface area contributed by atoms with E-state index < -0.39 is 0 Å². The largest absolute Gasteiger partial charge is 0.324 e. The average molecular weight is 363 g/mol. The van der Waals surface area contributed by atoms with E-state index in [2.05, 4.69) is 27.1 Å². The SMILES string of the molecule is Cl.Cn1c(Nc2ccc(F)cc2)nnc1C12CC3CC(CC(C3)C1)C2. The van der Waals surface area contributed by atoms with Gasteiger partial charge in [0.1, 0.15) is 11.6 Å². The van der Waals surface area contributed by atoms with Gasteiger partial charge in [0.15, 0.2) is 0 Å². The Morgan fingerprint density at radius 1 is 1.00 bits per heavy atom. The lowest BCUT2D eigenvalue weighted by Crippen LogP contribution is -2.49. The standard InChI is InChI=1S/C19H23FN4.ClH/c1-24-17(19-9-12-6-13(10-19)8-14(7-12)11-19)22-23-18(24)21-16-4-2-15(20)3-5-16;/h2-5,12-14H,6-11H2,1H3,(H,21,23);1H. The summed E-state index contributed by atoms with van der Waals surface area (Å²) in [6, 6.07) is 6.38. The highest BCUT2D eigenvalue weighted by atomic mass is 35.5. The van der Waals surface area contributed by atoms with Crippen LogP contribution in [0.25, 0.3) is 0 Å². The summed E-state index contributed by atoms with van der Waals surface area (Å²) in [6.07, 6.45) is 8.12. The first-order valence-electron chi connectivity index (χ1n) is 9.04. The number of anilines is 2. The van der Waals surface area contributed by atoms with E-state index in [4.69, 9.17) is 0 Å². The highest BCUT2D eigenvalue weighted by molar-refractivity contribution is 5.85. The van der Waals surface area contributed by atoms with Crippen molar-refractivity contribution in [2.24, 2.45) is 24.8 Å². The molecule has 0 radical (unpaired) electrons. The number of hydrogen-bond acceptors (Lipinski definition) is 3. The van der Waals surface area contributed by atoms with E-state index in [1.807, 2.05) is 0 Å². The summed E-state index contributed by atoms with van der Waals surface area (Å²) in [5.41, 5.74) is 1.07. The van der Waals surface area contributed by atoms with E-state index in [0.29, 0.717) is 0 Å². The first-order valence-corrected chi connectivity index (χ1v) is 9.04. The quantitative estimate of drug-likeness (QED) is 0.868. The zero-order valence-electron chi connectivity index (χ0n) is 14.4. The molecule has 4 aliphatic rings. The minimum atomic E-state index is -0.229. The number of aromatic nitrogens is 3. The molecule has 0 unspecified atom stereocenters. The molecule has 4 aliphatic carbocycles. The van der Waals surface area contributed by atoms with Crippen molar-refractivity contribution in [2.45, 2.75) is 43.9 Å². The molecule has 6 rings (SSSR count). The van der Waals surface area contributed by atoms with Gasteiger partial charge in [0.05, 0.1) is 0 Å². The number of benzene rings is 1. The molecule has 4 nitrogen and oxygen atoms in total. The number of rotatable bonds is 3. The Hall–Kier alpha value is -1.62. The van der Waals surface area contributed by atoms with Crippen molar-refractivity contribution in [1.82, 2.24) is 14.8 Å². The second kappa shape index (κ2) is 5.97. The molecular formula is C19H24ClFN4. The fourth-order valence-electron chi connectivity index (χ4n) is 5.95. The van der Waals surface area contributed by atoms with Gasteiger partial charge in [-0.3, -0.25) is 4.57 Å². The molecule has 0 saturated heterocycles. The zero-order chi connectivity index (χ0) is 16.3. The summed E-state index contributed by atoms with van der Waals surface area (Å²) in [7, 11) is 2.06. The minimum Gasteiger partial charge on any atom is -0.324 e. The maximum Gasteiger partial charge on any atom is 0.228 e. The van der Waals surface area contributed by atoms with E-state index in [0.717, 1.165) is 35.2 Å². The summed E-state index contributed by atoms with van der Waals surface area (Å²) in [5.74, 6) is 4.33. The van der Waals surface area contributed by atoms with Gasteiger partial charge in [-0.15, -0.1) is 22.6 Å². The Labute approximate surface area is 153 Å². The van der Waals surface area contributed by atoms with Gasteiger partial charge in [-0.25, -0.2) is 4.39 Å². The molecule has 4 bridgehead atoms. The van der Waals surface area contributed by atoms with Gasteiger partial charge >= 0.3 is 0 Å². The zero-order valence-corrected chi connectivity index (χ0v) is 15.2. The van der Waals surface area contributed by atoms with Crippen LogP contribution < -0.4 is 5.32 Å². The Kier molecular flexibility index (Phi) is 4.02. The van der Waals surface area contributed by atoms with Crippen LogP contribution in [-0.2, 0) is 12.5 Å².